The van der Waals surface area contributed by atoms with Crippen molar-refractivity contribution in [3.05, 3.63) is 47.4 Å². The lowest BCUT2D eigenvalue weighted by Gasteiger charge is -2.21. The summed E-state index contributed by atoms with van der Waals surface area (Å²) in [5, 5.41) is 0. The van der Waals surface area contributed by atoms with Crippen molar-refractivity contribution in [2.75, 3.05) is 17.7 Å². The smallest absolute Gasteiger partial charge is 0.135 e. The lowest BCUT2D eigenvalue weighted by molar-refractivity contribution is 0.618. The molecule has 0 saturated heterocycles. The molecule has 18 heavy (non-hydrogen) atoms. The fourth-order valence-corrected chi connectivity index (χ4v) is 1.90. The number of nitrogen functional groups attached to an aromatic ring is 1. The van der Waals surface area contributed by atoms with Crippen LogP contribution in [0.4, 0.5) is 21.6 Å². The highest BCUT2D eigenvalue weighted by molar-refractivity contribution is 5.64. The highest BCUT2D eigenvalue weighted by Gasteiger charge is 2.10. The van der Waals surface area contributed by atoms with E-state index >= 15 is 0 Å². The zero-order chi connectivity index (χ0) is 13.3. The Labute approximate surface area is 106 Å². The molecule has 1 aromatic carbocycles. The van der Waals surface area contributed by atoms with E-state index in [0.29, 0.717) is 11.3 Å². The van der Waals surface area contributed by atoms with Crippen LogP contribution in [0.1, 0.15) is 11.1 Å². The molecule has 94 valence electrons. The van der Waals surface area contributed by atoms with Crippen molar-refractivity contribution in [2.45, 2.75) is 13.8 Å². The predicted molar refractivity (Wildman–Crippen MR) is 72.6 cm³/mol. The van der Waals surface area contributed by atoms with Crippen molar-refractivity contribution in [1.82, 2.24) is 4.98 Å². The van der Waals surface area contributed by atoms with Gasteiger partial charge in [0.05, 0.1) is 11.9 Å². The van der Waals surface area contributed by atoms with Crippen LogP contribution in [0.2, 0.25) is 0 Å². The summed E-state index contributed by atoms with van der Waals surface area (Å²) in [6.45, 7) is 3.70. The summed E-state index contributed by atoms with van der Waals surface area (Å²) >= 11 is 0. The van der Waals surface area contributed by atoms with Gasteiger partial charge in [-0.05, 0) is 49.2 Å². The SMILES string of the molecule is Cc1cc(N(C)c2ncc(N)cc2C)ccc1F. The molecule has 3 nitrogen and oxygen atoms in total. The summed E-state index contributed by atoms with van der Waals surface area (Å²) in [4.78, 5) is 6.23. The van der Waals surface area contributed by atoms with Gasteiger partial charge in [-0.2, -0.15) is 0 Å². The minimum atomic E-state index is -0.200. The number of hydrogen-bond acceptors (Lipinski definition) is 3. The van der Waals surface area contributed by atoms with Gasteiger partial charge in [0.15, 0.2) is 0 Å². The zero-order valence-corrected chi connectivity index (χ0v) is 10.7. The van der Waals surface area contributed by atoms with Crippen LogP contribution in [-0.4, -0.2) is 12.0 Å². The third-order valence-electron chi connectivity index (χ3n) is 2.92. The van der Waals surface area contributed by atoms with E-state index in [1.165, 1.54) is 6.07 Å². The van der Waals surface area contributed by atoms with E-state index in [1.807, 2.05) is 24.9 Å². The summed E-state index contributed by atoms with van der Waals surface area (Å²) in [6, 6.07) is 6.87. The van der Waals surface area contributed by atoms with E-state index in [9.17, 15) is 4.39 Å². The highest BCUT2D eigenvalue weighted by atomic mass is 19.1. The Bertz CT molecular complexity index is 581. The number of aromatic nitrogens is 1. The van der Waals surface area contributed by atoms with Gasteiger partial charge in [-0.15, -0.1) is 0 Å². The minimum Gasteiger partial charge on any atom is -0.397 e. The largest absolute Gasteiger partial charge is 0.397 e. The summed E-state index contributed by atoms with van der Waals surface area (Å²) in [6.07, 6.45) is 1.62. The summed E-state index contributed by atoms with van der Waals surface area (Å²) < 4.78 is 13.2. The Balaban J connectivity index is 2.41. The standard InChI is InChI=1S/C14H16FN3/c1-9-7-12(4-5-13(9)15)18(3)14-10(2)6-11(16)8-17-14/h4-8H,16H2,1-3H3. The maximum absolute atomic E-state index is 13.2. The van der Waals surface area contributed by atoms with E-state index in [-0.39, 0.29) is 5.82 Å². The van der Waals surface area contributed by atoms with Crippen molar-refractivity contribution in [1.29, 1.82) is 0 Å². The fourth-order valence-electron chi connectivity index (χ4n) is 1.90. The molecule has 4 heteroatoms. The van der Waals surface area contributed by atoms with Crippen LogP contribution in [0, 0.1) is 19.7 Å². The van der Waals surface area contributed by atoms with Gasteiger partial charge in [0.1, 0.15) is 11.6 Å². The molecule has 0 bridgehead atoms. The molecule has 0 spiro atoms. The molecule has 0 aliphatic heterocycles. The quantitative estimate of drug-likeness (QED) is 0.883. The molecule has 0 aliphatic rings. The van der Waals surface area contributed by atoms with Gasteiger partial charge in [0, 0.05) is 12.7 Å². The number of halogens is 1. The van der Waals surface area contributed by atoms with Gasteiger partial charge in [0.2, 0.25) is 0 Å². The summed E-state index contributed by atoms with van der Waals surface area (Å²) in [5.41, 5.74) is 8.82. The van der Waals surface area contributed by atoms with Gasteiger partial charge >= 0.3 is 0 Å². The number of anilines is 3. The van der Waals surface area contributed by atoms with E-state index in [2.05, 4.69) is 4.98 Å². The van der Waals surface area contributed by atoms with Crippen LogP contribution in [-0.2, 0) is 0 Å². The first-order valence-corrected chi connectivity index (χ1v) is 5.71. The Morgan fingerprint density at radius 1 is 1.17 bits per heavy atom. The molecule has 2 rings (SSSR count). The van der Waals surface area contributed by atoms with Crippen molar-refractivity contribution in [3.8, 4) is 0 Å². The molecule has 0 saturated carbocycles. The second kappa shape index (κ2) is 4.64. The average Bonchev–Trinajstić information content (AvgIpc) is 2.32. The maximum atomic E-state index is 13.2. The minimum absolute atomic E-state index is 0.200. The molecule has 1 aromatic heterocycles. The third kappa shape index (κ3) is 2.27. The number of pyridine rings is 1. The van der Waals surface area contributed by atoms with Gasteiger partial charge in [-0.1, -0.05) is 0 Å². The van der Waals surface area contributed by atoms with Crippen LogP contribution in [0.15, 0.2) is 30.5 Å². The van der Waals surface area contributed by atoms with Gasteiger partial charge in [-0.3, -0.25) is 0 Å². The van der Waals surface area contributed by atoms with E-state index in [4.69, 9.17) is 5.73 Å². The van der Waals surface area contributed by atoms with E-state index in [0.717, 1.165) is 17.1 Å². The second-order valence-electron chi connectivity index (χ2n) is 4.40. The highest BCUT2D eigenvalue weighted by Crippen LogP contribution is 2.26. The molecule has 1 heterocycles. The normalized spacial score (nSPS) is 10.4. The molecule has 0 aliphatic carbocycles. The molecular formula is C14H16FN3. The fraction of sp³-hybridized carbons (Fsp3) is 0.214. The zero-order valence-electron chi connectivity index (χ0n) is 10.7. The Kier molecular flexibility index (Phi) is 3.19. The number of rotatable bonds is 2. The average molecular weight is 245 g/mol. The number of aryl methyl sites for hydroxylation is 2. The van der Waals surface area contributed by atoms with Crippen LogP contribution in [0.25, 0.3) is 0 Å². The van der Waals surface area contributed by atoms with E-state index < -0.39 is 0 Å². The first-order chi connectivity index (χ1) is 8.49. The molecule has 2 N–H and O–H groups in total. The maximum Gasteiger partial charge on any atom is 0.135 e. The monoisotopic (exact) mass is 245 g/mol. The second-order valence-corrected chi connectivity index (χ2v) is 4.40. The van der Waals surface area contributed by atoms with Crippen LogP contribution in [0.3, 0.4) is 0 Å². The number of benzene rings is 1. The number of hydrogen-bond donors (Lipinski definition) is 1. The first kappa shape index (κ1) is 12.4. The van der Waals surface area contributed by atoms with Gasteiger partial charge in [-0.25, -0.2) is 9.37 Å². The van der Waals surface area contributed by atoms with Crippen LogP contribution >= 0.6 is 0 Å². The molecule has 2 aromatic rings. The summed E-state index contributed by atoms with van der Waals surface area (Å²) in [5.74, 6) is 0.615. The molecule has 0 unspecified atom stereocenters. The molecular weight excluding hydrogens is 229 g/mol. The first-order valence-electron chi connectivity index (χ1n) is 5.71. The van der Waals surface area contributed by atoms with Gasteiger partial charge in [0.25, 0.3) is 0 Å². The predicted octanol–water partition coefficient (Wildman–Crippen LogP) is 3.19. The Morgan fingerprint density at radius 2 is 1.89 bits per heavy atom. The van der Waals surface area contributed by atoms with Gasteiger partial charge < -0.3 is 10.6 Å². The summed E-state index contributed by atoms with van der Waals surface area (Å²) in [7, 11) is 1.90. The van der Waals surface area contributed by atoms with Crippen LogP contribution in [0.5, 0.6) is 0 Å². The van der Waals surface area contributed by atoms with E-state index in [1.54, 1.807) is 25.3 Å². The Hall–Kier alpha value is -2.10. The molecule has 0 radical (unpaired) electrons. The van der Waals surface area contributed by atoms with Crippen molar-refractivity contribution >= 4 is 17.2 Å². The third-order valence-corrected chi connectivity index (χ3v) is 2.92. The number of nitrogens with zero attached hydrogens (tertiary/aromatic N) is 2. The molecule has 0 atom stereocenters. The number of nitrogens with two attached hydrogens (primary N) is 1. The topological polar surface area (TPSA) is 42.2 Å². The van der Waals surface area contributed by atoms with Crippen molar-refractivity contribution < 1.29 is 4.39 Å². The lowest BCUT2D eigenvalue weighted by Crippen LogP contribution is -2.13. The van der Waals surface area contributed by atoms with Crippen molar-refractivity contribution in [2.24, 2.45) is 0 Å². The Morgan fingerprint density at radius 3 is 2.50 bits per heavy atom. The molecule has 0 fully saturated rings. The lowest BCUT2D eigenvalue weighted by atomic mass is 10.2. The van der Waals surface area contributed by atoms with Crippen molar-refractivity contribution in [3.63, 3.8) is 0 Å². The van der Waals surface area contributed by atoms with Crippen LogP contribution < -0.4 is 10.6 Å². The molecule has 0 amide bonds.